The summed E-state index contributed by atoms with van der Waals surface area (Å²) in [5.41, 5.74) is 0.343. The quantitative estimate of drug-likeness (QED) is 0.665. The van der Waals surface area contributed by atoms with E-state index in [4.69, 9.17) is 0 Å². The molecule has 2 aliphatic rings. The van der Waals surface area contributed by atoms with Crippen molar-refractivity contribution < 1.29 is 8.78 Å². The van der Waals surface area contributed by atoms with Gasteiger partial charge in [0.15, 0.2) is 5.96 Å². The molecule has 2 heterocycles. The first-order valence-electron chi connectivity index (χ1n) is 8.94. The first-order chi connectivity index (χ1) is 12.1. The topological polar surface area (TPSA) is 34.1 Å². The second-order valence-electron chi connectivity index (χ2n) is 6.77. The van der Waals surface area contributed by atoms with Gasteiger partial charge < -0.3 is 20.0 Å². The van der Waals surface area contributed by atoms with E-state index in [1.165, 1.54) is 25.0 Å². The fourth-order valence-electron chi connectivity index (χ4n) is 3.67. The molecule has 1 aromatic carbocycles. The Labute approximate surface area is 148 Å². The number of piperazine rings is 1. The molecular weight excluding hydrogens is 324 g/mol. The third-order valence-electron chi connectivity index (χ3n) is 5.21. The average molecular weight is 351 g/mol. The van der Waals surface area contributed by atoms with Crippen LogP contribution in [0.4, 0.5) is 14.5 Å². The number of anilines is 1. The summed E-state index contributed by atoms with van der Waals surface area (Å²) in [7, 11) is 3.95. The van der Waals surface area contributed by atoms with Gasteiger partial charge in [-0.25, -0.2) is 8.78 Å². The van der Waals surface area contributed by atoms with Crippen LogP contribution in [-0.4, -0.2) is 75.2 Å². The number of likely N-dealkylation sites (N-methyl/N-ethyl adjacent to an activating group) is 1. The summed E-state index contributed by atoms with van der Waals surface area (Å²) in [4.78, 5) is 10.8. The van der Waals surface area contributed by atoms with Crippen molar-refractivity contribution in [1.82, 2.24) is 15.1 Å². The molecule has 0 radical (unpaired) electrons. The zero-order valence-corrected chi connectivity index (χ0v) is 15.0. The van der Waals surface area contributed by atoms with Crippen LogP contribution in [0.25, 0.3) is 0 Å². The van der Waals surface area contributed by atoms with Crippen LogP contribution in [0.15, 0.2) is 23.2 Å². The second kappa shape index (κ2) is 7.99. The number of halogens is 2. The smallest absolute Gasteiger partial charge is 0.193 e. The van der Waals surface area contributed by atoms with Gasteiger partial charge in [-0.1, -0.05) is 0 Å². The van der Waals surface area contributed by atoms with E-state index in [2.05, 4.69) is 27.2 Å². The lowest BCUT2D eigenvalue weighted by molar-refractivity contribution is 0.303. The van der Waals surface area contributed by atoms with Gasteiger partial charge in [-0.05, 0) is 38.6 Å². The van der Waals surface area contributed by atoms with Gasteiger partial charge in [-0.15, -0.1) is 0 Å². The molecule has 0 aromatic heterocycles. The summed E-state index contributed by atoms with van der Waals surface area (Å²) in [6.07, 6.45) is 2.46. The van der Waals surface area contributed by atoms with E-state index in [0.717, 1.165) is 38.2 Å². The van der Waals surface area contributed by atoms with Crippen LogP contribution in [0, 0.1) is 11.6 Å². The third kappa shape index (κ3) is 4.21. The predicted molar refractivity (Wildman–Crippen MR) is 97.2 cm³/mol. The minimum Gasteiger partial charge on any atom is -0.366 e. The largest absolute Gasteiger partial charge is 0.366 e. The molecule has 5 nitrogen and oxygen atoms in total. The van der Waals surface area contributed by atoms with Crippen molar-refractivity contribution in [2.24, 2.45) is 4.99 Å². The van der Waals surface area contributed by atoms with E-state index in [9.17, 15) is 8.78 Å². The maximum absolute atomic E-state index is 13.9. The van der Waals surface area contributed by atoms with Gasteiger partial charge in [-0.2, -0.15) is 0 Å². The molecule has 0 bridgehead atoms. The molecule has 0 spiro atoms. The van der Waals surface area contributed by atoms with Gasteiger partial charge in [-0.3, -0.25) is 4.99 Å². The van der Waals surface area contributed by atoms with Crippen LogP contribution < -0.4 is 10.2 Å². The Morgan fingerprint density at radius 1 is 1.20 bits per heavy atom. The zero-order chi connectivity index (χ0) is 17.8. The summed E-state index contributed by atoms with van der Waals surface area (Å²) in [6, 6.07) is 4.17. The molecule has 2 fully saturated rings. The Balaban J connectivity index is 1.54. The van der Waals surface area contributed by atoms with E-state index in [0.29, 0.717) is 24.8 Å². The van der Waals surface area contributed by atoms with Crippen LogP contribution in [0.2, 0.25) is 0 Å². The Bertz CT molecular complexity index is 613. The molecule has 7 heteroatoms. The molecule has 1 N–H and O–H groups in total. The summed E-state index contributed by atoms with van der Waals surface area (Å²) in [5.74, 6) is 0.110. The number of hydrogen-bond donors (Lipinski definition) is 1. The van der Waals surface area contributed by atoms with E-state index in [1.807, 2.05) is 4.90 Å². The lowest BCUT2D eigenvalue weighted by Crippen LogP contribution is -2.54. The van der Waals surface area contributed by atoms with Crippen LogP contribution in [-0.2, 0) is 0 Å². The fourth-order valence-corrected chi connectivity index (χ4v) is 3.67. The predicted octanol–water partition coefficient (Wildman–Crippen LogP) is 1.76. The van der Waals surface area contributed by atoms with Crippen molar-refractivity contribution in [3.8, 4) is 0 Å². The normalized spacial score (nSPS) is 22.6. The van der Waals surface area contributed by atoms with Gasteiger partial charge in [0, 0.05) is 51.9 Å². The van der Waals surface area contributed by atoms with Gasteiger partial charge in [0.2, 0.25) is 0 Å². The van der Waals surface area contributed by atoms with Crippen molar-refractivity contribution in [2.75, 3.05) is 58.3 Å². The zero-order valence-electron chi connectivity index (χ0n) is 15.0. The van der Waals surface area contributed by atoms with Crippen LogP contribution in [0.5, 0.6) is 0 Å². The minimum absolute atomic E-state index is 0.343. The molecule has 2 saturated heterocycles. The number of guanidine groups is 1. The number of nitrogens with zero attached hydrogens (tertiary/aromatic N) is 4. The maximum Gasteiger partial charge on any atom is 0.193 e. The molecule has 1 aromatic rings. The SMILES string of the molecule is CN=C(NCC1CCCN1C)N1CCN(c2cc(F)ccc2F)CC1. The lowest BCUT2D eigenvalue weighted by Gasteiger charge is -2.38. The average Bonchev–Trinajstić information content (AvgIpc) is 3.03. The molecule has 0 aliphatic carbocycles. The van der Waals surface area contributed by atoms with Crippen molar-refractivity contribution in [3.05, 3.63) is 29.8 Å². The van der Waals surface area contributed by atoms with Gasteiger partial charge in [0.1, 0.15) is 11.6 Å². The number of aliphatic imine (C=N–C) groups is 1. The number of hydrogen-bond acceptors (Lipinski definition) is 3. The van der Waals surface area contributed by atoms with Crippen LogP contribution in [0.3, 0.4) is 0 Å². The lowest BCUT2D eigenvalue weighted by atomic mass is 10.2. The van der Waals surface area contributed by atoms with Crippen molar-refractivity contribution in [2.45, 2.75) is 18.9 Å². The molecule has 1 atom stereocenters. The highest BCUT2D eigenvalue weighted by Crippen LogP contribution is 2.22. The standard InChI is InChI=1S/C18H27F2N5/c1-21-18(22-13-15-4-3-7-23(15)2)25-10-8-24(9-11-25)17-12-14(19)5-6-16(17)20/h5-6,12,15H,3-4,7-11,13H2,1-2H3,(H,21,22). The molecule has 3 rings (SSSR count). The summed E-state index contributed by atoms with van der Waals surface area (Å²) >= 11 is 0. The summed E-state index contributed by atoms with van der Waals surface area (Å²) < 4.78 is 27.3. The monoisotopic (exact) mass is 351 g/mol. The minimum atomic E-state index is -0.406. The maximum atomic E-state index is 13.9. The first kappa shape index (κ1) is 17.9. The Morgan fingerprint density at radius 3 is 2.60 bits per heavy atom. The van der Waals surface area contributed by atoms with Crippen molar-refractivity contribution in [3.63, 3.8) is 0 Å². The molecule has 1 unspecified atom stereocenters. The molecule has 0 saturated carbocycles. The second-order valence-corrected chi connectivity index (χ2v) is 6.77. The van der Waals surface area contributed by atoms with Gasteiger partial charge in [0.05, 0.1) is 5.69 Å². The number of benzene rings is 1. The van der Waals surface area contributed by atoms with E-state index >= 15 is 0 Å². The van der Waals surface area contributed by atoms with Crippen LogP contribution in [0.1, 0.15) is 12.8 Å². The highest BCUT2D eigenvalue weighted by atomic mass is 19.1. The Kier molecular flexibility index (Phi) is 5.73. The number of rotatable bonds is 3. The summed E-state index contributed by atoms with van der Waals surface area (Å²) in [6.45, 7) is 4.80. The molecular formula is C18H27F2N5. The van der Waals surface area contributed by atoms with Crippen molar-refractivity contribution >= 4 is 11.6 Å². The number of likely N-dealkylation sites (tertiary alicyclic amines) is 1. The molecule has 138 valence electrons. The van der Waals surface area contributed by atoms with Gasteiger partial charge >= 0.3 is 0 Å². The summed E-state index contributed by atoms with van der Waals surface area (Å²) in [5, 5.41) is 3.47. The highest BCUT2D eigenvalue weighted by Gasteiger charge is 2.24. The van der Waals surface area contributed by atoms with Crippen LogP contribution >= 0.6 is 0 Å². The van der Waals surface area contributed by atoms with E-state index in [-0.39, 0.29) is 5.82 Å². The molecule has 2 aliphatic heterocycles. The Hall–Kier alpha value is -1.89. The number of nitrogens with one attached hydrogen (secondary N) is 1. The van der Waals surface area contributed by atoms with Crippen molar-refractivity contribution in [1.29, 1.82) is 0 Å². The third-order valence-corrected chi connectivity index (χ3v) is 5.21. The molecule has 25 heavy (non-hydrogen) atoms. The van der Waals surface area contributed by atoms with E-state index < -0.39 is 5.82 Å². The first-order valence-corrected chi connectivity index (χ1v) is 8.94. The van der Waals surface area contributed by atoms with Gasteiger partial charge in [0.25, 0.3) is 0 Å². The Morgan fingerprint density at radius 2 is 1.96 bits per heavy atom. The molecule has 0 amide bonds. The fraction of sp³-hybridized carbons (Fsp3) is 0.611. The van der Waals surface area contributed by atoms with E-state index in [1.54, 1.807) is 7.05 Å². The highest BCUT2D eigenvalue weighted by molar-refractivity contribution is 5.80.